The molecule has 0 aliphatic carbocycles. The molecule has 6 aromatic carbocycles. The number of carbonyl (C=O) groups is 1. The zero-order valence-corrected chi connectivity index (χ0v) is 32.2. The maximum Gasteiger partial charge on any atom is 0.152 e. The van der Waals surface area contributed by atoms with Gasteiger partial charge >= 0.3 is 0 Å². The Morgan fingerprint density at radius 1 is 0.464 bits per heavy atom. The van der Waals surface area contributed by atoms with Gasteiger partial charge in [0, 0.05) is 0 Å². The van der Waals surface area contributed by atoms with Crippen molar-refractivity contribution < 1.29 is 19.4 Å². The number of aliphatic hydroxyl groups is 1. The van der Waals surface area contributed by atoms with Crippen LogP contribution in [0.1, 0.15) is 74.4 Å². The molecule has 4 nitrogen and oxygen atoms in total. The first-order valence-corrected chi connectivity index (χ1v) is 19.0. The molecule has 0 aliphatic heterocycles. The van der Waals surface area contributed by atoms with Crippen LogP contribution in [0.3, 0.4) is 0 Å². The van der Waals surface area contributed by atoms with Gasteiger partial charge in [0.25, 0.3) is 0 Å². The Bertz CT molecular complexity index is 1870. The number of carbonyl (C=O) groups excluding carboxylic acids is 1. The lowest BCUT2D eigenvalue weighted by molar-refractivity contribution is -0.112. The van der Waals surface area contributed by atoms with Gasteiger partial charge in [-0.3, -0.25) is 4.79 Å². The monoisotopic (exact) mass is 744 g/mol. The van der Waals surface area contributed by atoms with Gasteiger partial charge in [0.05, 0.1) is 19.8 Å². The molecule has 288 valence electrons. The molecule has 1 N–H and O–H groups in total. The summed E-state index contributed by atoms with van der Waals surface area (Å²) < 4.78 is 13.4. The molecule has 0 amide bonds. The van der Waals surface area contributed by atoms with E-state index < -0.39 is 11.2 Å². The van der Waals surface area contributed by atoms with Crippen LogP contribution >= 0.6 is 0 Å². The van der Waals surface area contributed by atoms with Gasteiger partial charge < -0.3 is 14.6 Å². The van der Waals surface area contributed by atoms with E-state index in [0.29, 0.717) is 19.6 Å². The Morgan fingerprint density at radius 3 is 0.946 bits per heavy atom. The highest BCUT2D eigenvalue weighted by Gasteiger charge is 2.38. The summed E-state index contributed by atoms with van der Waals surface area (Å²) in [7, 11) is 0. The van der Waals surface area contributed by atoms with Crippen LogP contribution in [0.15, 0.2) is 205 Å². The molecule has 0 saturated heterocycles. The molecule has 0 fully saturated rings. The third-order valence-electron chi connectivity index (χ3n) is 9.60. The summed E-state index contributed by atoms with van der Waals surface area (Å²) in [6.07, 6.45) is 4.99. The third kappa shape index (κ3) is 11.0. The predicted octanol–water partition coefficient (Wildman–Crippen LogP) is 11.9. The van der Waals surface area contributed by atoms with Crippen LogP contribution in [0.25, 0.3) is 0 Å². The van der Waals surface area contributed by atoms with Crippen LogP contribution in [-0.4, -0.2) is 30.7 Å². The summed E-state index contributed by atoms with van der Waals surface area (Å²) in [5.41, 5.74) is 7.32. The lowest BCUT2D eigenvalue weighted by Crippen LogP contribution is -2.33. The third-order valence-corrected chi connectivity index (χ3v) is 9.60. The van der Waals surface area contributed by atoms with Gasteiger partial charge in [-0.2, -0.15) is 0 Å². The lowest BCUT2D eigenvalue weighted by Gasteiger charge is -2.36. The first kappa shape index (κ1) is 43.1. The van der Waals surface area contributed by atoms with Gasteiger partial charge in [-0.15, -0.1) is 0 Å². The van der Waals surface area contributed by atoms with E-state index in [1.54, 1.807) is 13.0 Å². The van der Waals surface area contributed by atoms with Crippen molar-refractivity contribution in [2.24, 2.45) is 0 Å². The molecule has 0 heterocycles. The van der Waals surface area contributed by atoms with Gasteiger partial charge in [0.15, 0.2) is 5.78 Å². The lowest BCUT2D eigenvalue weighted by atomic mass is 9.80. The molecule has 0 bridgehead atoms. The zero-order chi connectivity index (χ0) is 38.8. The second-order valence-corrected chi connectivity index (χ2v) is 13.6. The average molecular weight is 745 g/mol. The fourth-order valence-electron chi connectivity index (χ4n) is 6.94. The van der Waals surface area contributed by atoms with E-state index >= 15 is 0 Å². The predicted molar refractivity (Wildman–Crippen MR) is 232 cm³/mol. The van der Waals surface area contributed by atoms with Gasteiger partial charge in [-0.25, -0.2) is 0 Å². The average Bonchev–Trinajstić information content (AvgIpc) is 3.23. The molecule has 6 aromatic rings. The number of ketones is 1. The van der Waals surface area contributed by atoms with Crippen LogP contribution < -0.4 is 0 Å². The van der Waals surface area contributed by atoms with E-state index in [4.69, 9.17) is 14.6 Å². The minimum Gasteiger partial charge on any atom is -0.392 e. The van der Waals surface area contributed by atoms with E-state index in [9.17, 15) is 4.79 Å². The molecule has 0 spiro atoms. The molecule has 0 aromatic heterocycles. The quantitative estimate of drug-likeness (QED) is 0.0609. The number of allylic oxidation sites excluding steroid dienone is 1. The minimum absolute atomic E-state index is 0. The highest BCUT2D eigenvalue weighted by atomic mass is 16.5. The molecular weight excluding hydrogens is 689 g/mol. The van der Waals surface area contributed by atoms with Crippen molar-refractivity contribution in [3.63, 3.8) is 0 Å². The molecule has 6 rings (SSSR count). The van der Waals surface area contributed by atoms with Gasteiger partial charge in [0.1, 0.15) is 11.2 Å². The first-order valence-electron chi connectivity index (χ1n) is 19.0. The Kier molecular flexibility index (Phi) is 17.0. The summed E-state index contributed by atoms with van der Waals surface area (Å²) >= 11 is 0. The Labute approximate surface area is 334 Å². The Morgan fingerprint density at radius 2 is 0.714 bits per heavy atom. The van der Waals surface area contributed by atoms with Gasteiger partial charge in [0.2, 0.25) is 0 Å². The topological polar surface area (TPSA) is 55.8 Å². The summed E-state index contributed by atoms with van der Waals surface area (Å²) in [6.45, 7) is 6.70. The maximum atomic E-state index is 11.4. The minimum atomic E-state index is -0.708. The number of benzene rings is 6. The van der Waals surface area contributed by atoms with Crippen LogP contribution in [0, 0.1) is 0 Å². The van der Waals surface area contributed by atoms with Crippen molar-refractivity contribution in [3.8, 4) is 0 Å². The number of hydrogen-bond acceptors (Lipinski definition) is 4. The van der Waals surface area contributed by atoms with E-state index in [1.807, 2.05) is 92.7 Å². The summed E-state index contributed by atoms with van der Waals surface area (Å²) in [4.78, 5) is 11.4. The first-order chi connectivity index (χ1) is 26.9. The van der Waals surface area contributed by atoms with E-state index in [-0.39, 0.29) is 19.8 Å². The van der Waals surface area contributed by atoms with Crippen LogP contribution in [0.5, 0.6) is 0 Å². The fraction of sp³-hybridized carbons (Fsp3) is 0.212. The number of aliphatic hydroxyl groups excluding tert-OH is 1. The summed E-state index contributed by atoms with van der Waals surface area (Å²) in [5.74, 6) is 0.0675. The van der Waals surface area contributed by atoms with Crippen LogP contribution in [0.4, 0.5) is 0 Å². The van der Waals surface area contributed by atoms with Crippen molar-refractivity contribution >= 4 is 5.78 Å². The van der Waals surface area contributed by atoms with E-state index in [1.165, 1.54) is 0 Å². The maximum absolute atomic E-state index is 11.4. The van der Waals surface area contributed by atoms with Crippen molar-refractivity contribution in [1.82, 2.24) is 0 Å². The number of hydrogen-bond donors (Lipinski definition) is 1. The summed E-state index contributed by atoms with van der Waals surface area (Å²) in [6, 6.07) is 62.1. The van der Waals surface area contributed by atoms with Crippen LogP contribution in [-0.2, 0) is 25.5 Å². The van der Waals surface area contributed by atoms with Crippen LogP contribution in [0.2, 0.25) is 0 Å². The van der Waals surface area contributed by atoms with Gasteiger partial charge in [-0.1, -0.05) is 207 Å². The van der Waals surface area contributed by atoms with Crippen molar-refractivity contribution in [3.05, 3.63) is 239 Å². The second-order valence-electron chi connectivity index (χ2n) is 13.6. The molecular formula is C52H56O4. The molecule has 0 saturated carbocycles. The zero-order valence-electron chi connectivity index (χ0n) is 32.2. The smallest absolute Gasteiger partial charge is 0.152 e. The Hall–Kier alpha value is -5.65. The molecule has 4 heteroatoms. The fourth-order valence-corrected chi connectivity index (χ4v) is 6.94. The molecule has 56 heavy (non-hydrogen) atoms. The van der Waals surface area contributed by atoms with Crippen molar-refractivity contribution in [2.45, 2.75) is 52.2 Å². The normalized spacial score (nSPS) is 11.9. The summed E-state index contributed by atoms with van der Waals surface area (Å²) in [5, 5.41) is 9.11. The molecule has 0 atom stereocenters. The Balaban J connectivity index is 0.000000244. The molecule has 0 unspecified atom stereocenters. The SMILES string of the molecule is C.C/C(=C/CO)CCOC(c1ccccc1)(c1ccccc1)c1ccccc1.CC(=O)/C=C(/C)CCOC(c1ccccc1)(c1ccccc1)c1ccccc1. The van der Waals surface area contributed by atoms with E-state index in [2.05, 4.69) is 109 Å². The highest BCUT2D eigenvalue weighted by Crippen LogP contribution is 2.42. The number of rotatable bonds is 16. The van der Waals surface area contributed by atoms with E-state index in [0.717, 1.165) is 50.9 Å². The highest BCUT2D eigenvalue weighted by molar-refractivity contribution is 5.87. The van der Waals surface area contributed by atoms with Crippen molar-refractivity contribution in [1.29, 1.82) is 0 Å². The second kappa shape index (κ2) is 22.0. The van der Waals surface area contributed by atoms with Crippen molar-refractivity contribution in [2.75, 3.05) is 19.8 Å². The molecule has 0 radical (unpaired) electrons. The number of ether oxygens (including phenoxy) is 2. The standard InChI is InChI=1S/C26H26O2.C25H26O2.CH4/c1-21(20-22(2)27)18-19-28-26(23-12-6-3-7-13-23,24-14-8-4-9-15-24)25-16-10-5-11-17-25;1-21(17-19-26)18-20-27-25(22-11-5-2-6-12-22,23-13-7-3-8-14-23)24-15-9-4-10-16-24;/h3-17,20H,18-19H2,1-2H3;2-17,26H,18-20H2,1H3;1H4/b21-20-;21-17-;. The largest absolute Gasteiger partial charge is 0.392 e. The van der Waals surface area contributed by atoms with Gasteiger partial charge in [-0.05, 0) is 73.1 Å². The molecule has 0 aliphatic rings.